The van der Waals surface area contributed by atoms with Crippen LogP contribution in [0.4, 0.5) is 0 Å². The van der Waals surface area contributed by atoms with E-state index in [0.29, 0.717) is 23.5 Å². The van der Waals surface area contributed by atoms with Gasteiger partial charge in [0.05, 0.1) is 5.56 Å². The average molecular weight is 279 g/mol. The minimum Gasteiger partial charge on any atom is -0.489 e. The van der Waals surface area contributed by atoms with Crippen LogP contribution < -0.4 is 4.74 Å². The molecule has 0 aliphatic carbocycles. The van der Waals surface area contributed by atoms with Crippen LogP contribution >= 0.6 is 0 Å². The number of carbonyl (C=O) groups excluding carboxylic acids is 1. The van der Waals surface area contributed by atoms with Gasteiger partial charge in [-0.3, -0.25) is 4.79 Å². The van der Waals surface area contributed by atoms with Gasteiger partial charge < -0.3 is 4.74 Å². The first-order valence-electron chi connectivity index (χ1n) is 6.89. The molecule has 0 saturated carbocycles. The van der Waals surface area contributed by atoms with E-state index in [9.17, 15) is 4.79 Å². The Morgan fingerprint density at radius 3 is 2.62 bits per heavy atom. The molecule has 0 saturated heterocycles. The smallest absolute Gasteiger partial charge is 0.161 e. The van der Waals surface area contributed by atoms with E-state index >= 15 is 0 Å². The van der Waals surface area contributed by atoms with Gasteiger partial charge in [-0.2, -0.15) is 5.26 Å². The van der Waals surface area contributed by atoms with Crippen molar-refractivity contribution in [1.29, 1.82) is 5.26 Å². The van der Waals surface area contributed by atoms with Crippen LogP contribution in [0.1, 0.15) is 40.9 Å². The van der Waals surface area contributed by atoms with Crippen LogP contribution in [0.15, 0.2) is 42.5 Å². The van der Waals surface area contributed by atoms with Crippen LogP contribution in [0.2, 0.25) is 0 Å². The number of hydrogen-bond acceptors (Lipinski definition) is 3. The molecule has 21 heavy (non-hydrogen) atoms. The molecule has 0 aliphatic rings. The van der Waals surface area contributed by atoms with E-state index in [0.717, 1.165) is 12.0 Å². The van der Waals surface area contributed by atoms with Crippen LogP contribution in [0.25, 0.3) is 0 Å². The zero-order valence-electron chi connectivity index (χ0n) is 12.2. The van der Waals surface area contributed by atoms with Gasteiger partial charge >= 0.3 is 0 Å². The van der Waals surface area contributed by atoms with Crippen molar-refractivity contribution in [2.24, 2.45) is 0 Å². The third kappa shape index (κ3) is 3.70. The standard InChI is InChI=1S/C18H17NO2/c1-3-14-5-4-6-15(9-14)12-21-17-7-8-18(13(2)20)16(10-17)11-19/h4-10H,3,12H2,1-2H3. The second-order valence-corrected chi connectivity index (χ2v) is 4.84. The van der Waals surface area contributed by atoms with Crippen LogP contribution in [-0.4, -0.2) is 5.78 Å². The Labute approximate surface area is 124 Å². The molecule has 0 radical (unpaired) electrons. The van der Waals surface area contributed by atoms with Crippen molar-refractivity contribution in [2.75, 3.05) is 0 Å². The van der Waals surface area contributed by atoms with Gasteiger partial charge in [-0.05, 0) is 42.7 Å². The predicted octanol–water partition coefficient (Wildman–Crippen LogP) is 3.90. The summed E-state index contributed by atoms with van der Waals surface area (Å²) in [5.74, 6) is 0.479. The fourth-order valence-electron chi connectivity index (χ4n) is 2.12. The molecule has 0 amide bonds. The third-order valence-electron chi connectivity index (χ3n) is 3.30. The minimum atomic E-state index is -0.117. The number of carbonyl (C=O) groups is 1. The molecule has 0 bridgehead atoms. The van der Waals surface area contributed by atoms with Gasteiger partial charge in [0.15, 0.2) is 5.78 Å². The number of ether oxygens (including phenoxy) is 1. The Hall–Kier alpha value is -2.60. The zero-order valence-corrected chi connectivity index (χ0v) is 12.2. The fourth-order valence-corrected chi connectivity index (χ4v) is 2.12. The maximum Gasteiger partial charge on any atom is 0.161 e. The molecule has 0 fully saturated rings. The molecule has 0 N–H and O–H groups in total. The number of nitriles is 1. The molecule has 0 aromatic heterocycles. The largest absolute Gasteiger partial charge is 0.489 e. The summed E-state index contributed by atoms with van der Waals surface area (Å²) in [6.45, 7) is 4.00. The summed E-state index contributed by atoms with van der Waals surface area (Å²) in [6.07, 6.45) is 0.986. The van der Waals surface area contributed by atoms with Gasteiger partial charge in [0.25, 0.3) is 0 Å². The Morgan fingerprint density at radius 2 is 1.95 bits per heavy atom. The second kappa shape index (κ2) is 6.71. The molecule has 2 aromatic rings. The molecule has 0 unspecified atom stereocenters. The number of nitrogens with zero attached hydrogens (tertiary/aromatic N) is 1. The molecule has 0 aliphatic heterocycles. The highest BCUT2D eigenvalue weighted by molar-refractivity contribution is 5.96. The van der Waals surface area contributed by atoms with Crippen molar-refractivity contribution in [3.63, 3.8) is 0 Å². The molecule has 106 valence electrons. The first-order chi connectivity index (χ1) is 10.1. The highest BCUT2D eigenvalue weighted by Crippen LogP contribution is 2.19. The lowest BCUT2D eigenvalue weighted by Gasteiger charge is -2.09. The minimum absolute atomic E-state index is 0.117. The number of aryl methyl sites for hydroxylation is 1. The normalized spacial score (nSPS) is 9.95. The first-order valence-corrected chi connectivity index (χ1v) is 6.89. The van der Waals surface area contributed by atoms with Crippen LogP contribution in [-0.2, 0) is 13.0 Å². The van der Waals surface area contributed by atoms with E-state index in [-0.39, 0.29) is 5.78 Å². The lowest BCUT2D eigenvalue weighted by molar-refractivity contribution is 0.101. The monoisotopic (exact) mass is 279 g/mol. The number of Topliss-reactive ketones (excluding diaryl/α,β-unsaturated/α-hetero) is 1. The lowest BCUT2D eigenvalue weighted by atomic mass is 10.1. The van der Waals surface area contributed by atoms with Crippen molar-refractivity contribution < 1.29 is 9.53 Å². The van der Waals surface area contributed by atoms with Gasteiger partial charge in [-0.25, -0.2) is 0 Å². The van der Waals surface area contributed by atoms with E-state index in [1.54, 1.807) is 18.2 Å². The summed E-state index contributed by atoms with van der Waals surface area (Å²) >= 11 is 0. The topological polar surface area (TPSA) is 50.1 Å². The number of benzene rings is 2. The summed E-state index contributed by atoms with van der Waals surface area (Å²) in [5, 5.41) is 9.09. The number of hydrogen-bond donors (Lipinski definition) is 0. The summed E-state index contributed by atoms with van der Waals surface area (Å²) in [4.78, 5) is 11.4. The first kappa shape index (κ1) is 14.8. The maximum atomic E-state index is 11.4. The van der Waals surface area contributed by atoms with Crippen molar-refractivity contribution in [1.82, 2.24) is 0 Å². The Balaban J connectivity index is 2.13. The van der Waals surface area contributed by atoms with E-state index < -0.39 is 0 Å². The predicted molar refractivity (Wildman–Crippen MR) is 81.3 cm³/mol. The fraction of sp³-hybridized carbons (Fsp3) is 0.222. The summed E-state index contributed by atoms with van der Waals surface area (Å²) in [7, 11) is 0. The highest BCUT2D eigenvalue weighted by atomic mass is 16.5. The average Bonchev–Trinajstić information content (AvgIpc) is 2.52. The second-order valence-electron chi connectivity index (χ2n) is 4.84. The molecule has 2 aromatic carbocycles. The summed E-state index contributed by atoms with van der Waals surface area (Å²) in [6, 6.07) is 15.2. The SMILES string of the molecule is CCc1cccc(COc2ccc(C(C)=O)c(C#N)c2)c1. The van der Waals surface area contributed by atoms with Gasteiger partial charge in [-0.15, -0.1) is 0 Å². The van der Waals surface area contributed by atoms with Gasteiger partial charge in [-0.1, -0.05) is 31.2 Å². The number of ketones is 1. The maximum absolute atomic E-state index is 11.4. The molecule has 0 heterocycles. The third-order valence-corrected chi connectivity index (χ3v) is 3.30. The van der Waals surface area contributed by atoms with Crippen molar-refractivity contribution >= 4 is 5.78 Å². The highest BCUT2D eigenvalue weighted by Gasteiger charge is 2.08. The van der Waals surface area contributed by atoms with Crippen LogP contribution in [0.3, 0.4) is 0 Å². The summed E-state index contributed by atoms with van der Waals surface area (Å²) in [5.41, 5.74) is 3.13. The molecule has 3 nitrogen and oxygen atoms in total. The molecular weight excluding hydrogens is 262 g/mol. The van der Waals surface area contributed by atoms with Crippen LogP contribution in [0.5, 0.6) is 5.75 Å². The quantitative estimate of drug-likeness (QED) is 0.780. The van der Waals surface area contributed by atoms with Gasteiger partial charge in [0, 0.05) is 5.56 Å². The van der Waals surface area contributed by atoms with E-state index in [2.05, 4.69) is 19.1 Å². The van der Waals surface area contributed by atoms with E-state index in [4.69, 9.17) is 10.00 Å². The molecule has 0 atom stereocenters. The van der Waals surface area contributed by atoms with Crippen LogP contribution in [0, 0.1) is 11.3 Å². The summed E-state index contributed by atoms with van der Waals surface area (Å²) < 4.78 is 5.71. The molecule has 2 rings (SSSR count). The Kier molecular flexibility index (Phi) is 4.73. The van der Waals surface area contributed by atoms with Crippen molar-refractivity contribution in [3.8, 4) is 11.8 Å². The van der Waals surface area contributed by atoms with Crippen molar-refractivity contribution in [2.45, 2.75) is 26.9 Å². The van der Waals surface area contributed by atoms with E-state index in [1.807, 2.05) is 18.2 Å². The number of rotatable bonds is 5. The van der Waals surface area contributed by atoms with Crippen molar-refractivity contribution in [3.05, 3.63) is 64.7 Å². The molecule has 3 heteroatoms. The Morgan fingerprint density at radius 1 is 1.19 bits per heavy atom. The molecular formula is C18H17NO2. The molecule has 0 spiro atoms. The van der Waals surface area contributed by atoms with E-state index in [1.165, 1.54) is 12.5 Å². The zero-order chi connectivity index (χ0) is 15.2. The van der Waals surface area contributed by atoms with Gasteiger partial charge in [0.1, 0.15) is 18.4 Å². The lowest BCUT2D eigenvalue weighted by Crippen LogP contribution is -2.00. The van der Waals surface area contributed by atoms with Gasteiger partial charge in [0.2, 0.25) is 0 Å². The Bertz CT molecular complexity index is 699.